The van der Waals surface area contributed by atoms with E-state index < -0.39 is 27.8 Å². The second-order valence-electron chi connectivity index (χ2n) is 3.91. The summed E-state index contributed by atoms with van der Waals surface area (Å²) in [5.74, 6) is 0. The first-order valence-electron chi connectivity index (χ1n) is 5.29. The lowest BCUT2D eigenvalue weighted by Crippen LogP contribution is -2.36. The highest BCUT2D eigenvalue weighted by atomic mass is 32.2. The third kappa shape index (κ3) is 4.44. The third-order valence-corrected chi connectivity index (χ3v) is 3.97. The van der Waals surface area contributed by atoms with Gasteiger partial charge in [-0.25, -0.2) is 13.4 Å². The Morgan fingerprint density at radius 3 is 2.42 bits per heavy atom. The smallest absolute Gasteiger partial charge is 0.316 e. The largest absolute Gasteiger partial charge is 0.402 e. The van der Waals surface area contributed by atoms with Gasteiger partial charge in [-0.05, 0) is 18.7 Å². The number of nitrogens with zero attached hydrogens (tertiary/aromatic N) is 2. The van der Waals surface area contributed by atoms with E-state index in [1.165, 1.54) is 18.3 Å². The summed E-state index contributed by atoms with van der Waals surface area (Å²) in [7, 11) is -1.64. The van der Waals surface area contributed by atoms with Gasteiger partial charge in [0.15, 0.2) is 5.03 Å². The van der Waals surface area contributed by atoms with E-state index >= 15 is 0 Å². The van der Waals surface area contributed by atoms with Crippen molar-refractivity contribution in [2.24, 2.45) is 0 Å². The summed E-state index contributed by atoms with van der Waals surface area (Å²) in [6.45, 7) is -1.05. The van der Waals surface area contributed by atoms with Crippen LogP contribution in [0, 0.1) is 0 Å². The van der Waals surface area contributed by atoms with Crippen molar-refractivity contribution in [3.05, 3.63) is 23.9 Å². The van der Waals surface area contributed by atoms with Crippen LogP contribution in [0.15, 0.2) is 23.4 Å². The molecule has 0 aliphatic carbocycles. The molecule has 0 bridgehead atoms. The molecular formula is C10H14F3N3O2S. The summed E-state index contributed by atoms with van der Waals surface area (Å²) in [5.41, 5.74) is 0.736. The molecule has 0 fully saturated rings. The predicted octanol–water partition coefficient (Wildman–Crippen LogP) is 0.984. The molecule has 1 aromatic rings. The Bertz CT molecular complexity index is 514. The Labute approximate surface area is 109 Å². The standard InChI is InChI=1S/C10H14F3N3O2S/c1-14-5-8-3-4-9(15-6-8)19(17,18)16(2)7-10(11,12)13/h3-4,6,14H,5,7H2,1-2H3. The molecule has 0 saturated carbocycles. The van der Waals surface area contributed by atoms with Crippen LogP contribution in [-0.4, -0.2) is 44.5 Å². The number of hydrogen-bond donors (Lipinski definition) is 1. The van der Waals surface area contributed by atoms with E-state index in [2.05, 4.69) is 10.3 Å². The average molecular weight is 297 g/mol. The lowest BCUT2D eigenvalue weighted by molar-refractivity contribution is -0.134. The first kappa shape index (κ1) is 15.9. The zero-order valence-electron chi connectivity index (χ0n) is 10.4. The topological polar surface area (TPSA) is 62.3 Å². The van der Waals surface area contributed by atoms with Gasteiger partial charge in [-0.3, -0.25) is 0 Å². The number of aromatic nitrogens is 1. The van der Waals surface area contributed by atoms with Gasteiger partial charge < -0.3 is 5.32 Å². The van der Waals surface area contributed by atoms with E-state index in [4.69, 9.17) is 0 Å². The third-order valence-electron chi connectivity index (χ3n) is 2.26. The van der Waals surface area contributed by atoms with Gasteiger partial charge in [0.1, 0.15) is 6.54 Å². The summed E-state index contributed by atoms with van der Waals surface area (Å²) >= 11 is 0. The van der Waals surface area contributed by atoms with Crippen molar-refractivity contribution in [3.8, 4) is 0 Å². The Morgan fingerprint density at radius 1 is 1.37 bits per heavy atom. The second-order valence-corrected chi connectivity index (χ2v) is 5.90. The number of sulfonamides is 1. The summed E-state index contributed by atoms with van der Waals surface area (Å²) in [6, 6.07) is 2.69. The molecule has 19 heavy (non-hydrogen) atoms. The number of nitrogens with one attached hydrogen (secondary N) is 1. The molecule has 1 heterocycles. The van der Waals surface area contributed by atoms with E-state index in [0.717, 1.165) is 12.6 Å². The molecule has 108 valence electrons. The maximum Gasteiger partial charge on any atom is 0.402 e. The molecule has 0 amide bonds. The molecule has 1 N–H and O–H groups in total. The molecule has 0 aromatic carbocycles. The first-order chi connectivity index (χ1) is 8.66. The highest BCUT2D eigenvalue weighted by molar-refractivity contribution is 7.89. The Hall–Kier alpha value is -1.19. The van der Waals surface area contributed by atoms with Gasteiger partial charge >= 0.3 is 6.18 Å². The van der Waals surface area contributed by atoms with Crippen molar-refractivity contribution >= 4 is 10.0 Å². The number of alkyl halides is 3. The molecule has 1 aromatic heterocycles. The molecular weight excluding hydrogens is 283 g/mol. The van der Waals surface area contributed by atoms with Crippen LogP contribution in [-0.2, 0) is 16.6 Å². The monoisotopic (exact) mass is 297 g/mol. The van der Waals surface area contributed by atoms with Crippen molar-refractivity contribution in [2.45, 2.75) is 17.7 Å². The lowest BCUT2D eigenvalue weighted by Gasteiger charge is -2.18. The predicted molar refractivity (Wildman–Crippen MR) is 62.9 cm³/mol. The fourth-order valence-electron chi connectivity index (χ4n) is 1.37. The molecule has 0 aliphatic heterocycles. The van der Waals surface area contributed by atoms with Crippen LogP contribution in [0.25, 0.3) is 0 Å². The minimum absolute atomic E-state index is 0.229. The Kier molecular flexibility index (Phi) is 4.88. The van der Waals surface area contributed by atoms with Gasteiger partial charge in [-0.15, -0.1) is 0 Å². The van der Waals surface area contributed by atoms with E-state index in [1.807, 2.05) is 0 Å². The zero-order valence-corrected chi connectivity index (χ0v) is 11.2. The summed E-state index contributed by atoms with van der Waals surface area (Å²) < 4.78 is 60.4. The van der Waals surface area contributed by atoms with Crippen molar-refractivity contribution < 1.29 is 21.6 Å². The van der Waals surface area contributed by atoms with Gasteiger partial charge in [-0.2, -0.15) is 17.5 Å². The van der Waals surface area contributed by atoms with E-state index in [-0.39, 0.29) is 4.31 Å². The first-order valence-corrected chi connectivity index (χ1v) is 6.73. The quantitative estimate of drug-likeness (QED) is 0.880. The summed E-state index contributed by atoms with van der Waals surface area (Å²) in [5, 5.41) is 2.44. The van der Waals surface area contributed by atoms with Crippen LogP contribution in [0.1, 0.15) is 5.56 Å². The SMILES string of the molecule is CNCc1ccc(S(=O)(=O)N(C)CC(F)(F)F)nc1. The minimum atomic E-state index is -4.59. The van der Waals surface area contributed by atoms with Crippen molar-refractivity contribution in [3.63, 3.8) is 0 Å². The van der Waals surface area contributed by atoms with Gasteiger partial charge in [0.05, 0.1) is 0 Å². The number of rotatable bonds is 5. The number of hydrogen-bond acceptors (Lipinski definition) is 4. The van der Waals surface area contributed by atoms with Gasteiger partial charge in [0, 0.05) is 19.8 Å². The van der Waals surface area contributed by atoms with Crippen molar-refractivity contribution in [2.75, 3.05) is 20.6 Å². The maximum atomic E-state index is 12.2. The van der Waals surface area contributed by atoms with Crippen LogP contribution in [0.4, 0.5) is 13.2 Å². The van der Waals surface area contributed by atoms with Crippen LogP contribution < -0.4 is 5.32 Å². The number of pyridine rings is 1. The van der Waals surface area contributed by atoms with Gasteiger partial charge in [0.25, 0.3) is 10.0 Å². The molecule has 0 unspecified atom stereocenters. The molecule has 5 nitrogen and oxygen atoms in total. The Morgan fingerprint density at radius 2 is 2.00 bits per heavy atom. The molecule has 0 saturated heterocycles. The van der Waals surface area contributed by atoms with Gasteiger partial charge in [-0.1, -0.05) is 6.07 Å². The van der Waals surface area contributed by atoms with Crippen molar-refractivity contribution in [1.82, 2.24) is 14.6 Å². The molecule has 1 rings (SSSR count). The molecule has 9 heteroatoms. The average Bonchev–Trinajstić information content (AvgIpc) is 2.28. The van der Waals surface area contributed by atoms with E-state index in [9.17, 15) is 21.6 Å². The van der Waals surface area contributed by atoms with E-state index in [1.54, 1.807) is 7.05 Å². The number of halogens is 3. The van der Waals surface area contributed by atoms with Crippen LogP contribution in [0.2, 0.25) is 0 Å². The van der Waals surface area contributed by atoms with E-state index in [0.29, 0.717) is 6.54 Å². The normalized spacial score (nSPS) is 12.9. The van der Waals surface area contributed by atoms with Crippen LogP contribution in [0.3, 0.4) is 0 Å². The minimum Gasteiger partial charge on any atom is -0.316 e. The fraction of sp³-hybridized carbons (Fsp3) is 0.500. The zero-order chi connectivity index (χ0) is 14.7. The Balaban J connectivity index is 2.93. The maximum absolute atomic E-state index is 12.2. The lowest BCUT2D eigenvalue weighted by atomic mass is 10.3. The highest BCUT2D eigenvalue weighted by Crippen LogP contribution is 2.20. The molecule has 0 aliphatic rings. The van der Waals surface area contributed by atoms with Crippen LogP contribution in [0.5, 0.6) is 0 Å². The van der Waals surface area contributed by atoms with Crippen molar-refractivity contribution in [1.29, 1.82) is 0 Å². The summed E-state index contributed by atoms with van der Waals surface area (Å²) in [4.78, 5) is 3.68. The second kappa shape index (κ2) is 5.85. The molecule has 0 spiro atoms. The van der Waals surface area contributed by atoms with Gasteiger partial charge in [0.2, 0.25) is 0 Å². The molecule has 0 atom stereocenters. The molecule has 0 radical (unpaired) electrons. The van der Waals surface area contributed by atoms with Crippen LogP contribution >= 0.6 is 0 Å². The summed E-state index contributed by atoms with van der Waals surface area (Å²) in [6.07, 6.45) is -3.28. The highest BCUT2D eigenvalue weighted by Gasteiger charge is 2.35. The fourth-order valence-corrected chi connectivity index (χ4v) is 2.43.